The van der Waals surface area contributed by atoms with Gasteiger partial charge in [0.25, 0.3) is 0 Å². The molecule has 0 fully saturated rings. The quantitative estimate of drug-likeness (QED) is 0.853. The van der Waals surface area contributed by atoms with Crippen LogP contribution in [0.15, 0.2) is 65.9 Å². The molecule has 1 aliphatic rings. The third kappa shape index (κ3) is 3.01. The van der Waals surface area contributed by atoms with Crippen LogP contribution in [0.1, 0.15) is 34.5 Å². The fourth-order valence-corrected chi connectivity index (χ4v) is 2.84. The monoisotopic (exact) mass is 306 g/mol. The van der Waals surface area contributed by atoms with Gasteiger partial charge < -0.3 is 10.6 Å². The second-order valence-corrected chi connectivity index (χ2v) is 5.68. The summed E-state index contributed by atoms with van der Waals surface area (Å²) in [4.78, 5) is 24.8. The number of amides is 2. The van der Waals surface area contributed by atoms with Crippen LogP contribution in [0.2, 0.25) is 0 Å². The molecule has 2 N–H and O–H groups in total. The van der Waals surface area contributed by atoms with Crippen LogP contribution in [0, 0.1) is 6.92 Å². The van der Waals surface area contributed by atoms with Crippen molar-refractivity contribution >= 4 is 11.8 Å². The van der Waals surface area contributed by atoms with E-state index in [0.717, 1.165) is 11.1 Å². The number of aryl methyl sites for hydroxylation is 1. The fourth-order valence-electron chi connectivity index (χ4n) is 2.84. The summed E-state index contributed by atoms with van der Waals surface area (Å²) in [5.41, 5.74) is 3.76. The molecule has 0 saturated heterocycles. The lowest BCUT2D eigenvalue weighted by Crippen LogP contribution is -2.45. The smallest absolute Gasteiger partial charge is 0.319 e. The Balaban J connectivity index is 2.08. The highest BCUT2D eigenvalue weighted by molar-refractivity contribution is 6.11. The Hall–Kier alpha value is -2.88. The van der Waals surface area contributed by atoms with Crippen molar-refractivity contribution in [3.63, 3.8) is 0 Å². The van der Waals surface area contributed by atoms with Crippen molar-refractivity contribution in [1.29, 1.82) is 0 Å². The normalized spacial score (nSPS) is 17.5. The van der Waals surface area contributed by atoms with Crippen molar-refractivity contribution in [3.8, 4) is 0 Å². The van der Waals surface area contributed by atoms with E-state index in [1.165, 1.54) is 0 Å². The minimum absolute atomic E-state index is 0.0814. The van der Waals surface area contributed by atoms with Gasteiger partial charge in [0, 0.05) is 16.8 Å². The van der Waals surface area contributed by atoms with Crippen LogP contribution < -0.4 is 10.6 Å². The highest BCUT2D eigenvalue weighted by Crippen LogP contribution is 2.29. The predicted octanol–water partition coefficient (Wildman–Crippen LogP) is 3.51. The van der Waals surface area contributed by atoms with Crippen molar-refractivity contribution in [2.24, 2.45) is 0 Å². The average molecular weight is 306 g/mol. The summed E-state index contributed by atoms with van der Waals surface area (Å²) in [5, 5.41) is 5.57. The summed E-state index contributed by atoms with van der Waals surface area (Å²) < 4.78 is 0. The first-order valence-corrected chi connectivity index (χ1v) is 7.51. The summed E-state index contributed by atoms with van der Waals surface area (Å²) in [6.07, 6.45) is 0. The van der Waals surface area contributed by atoms with Crippen molar-refractivity contribution in [3.05, 3.63) is 82.6 Å². The molecule has 0 spiro atoms. The second-order valence-electron chi connectivity index (χ2n) is 5.68. The third-order valence-corrected chi connectivity index (χ3v) is 3.93. The Bertz CT molecular complexity index is 794. The van der Waals surface area contributed by atoms with E-state index in [9.17, 15) is 9.59 Å². The van der Waals surface area contributed by atoms with E-state index in [1.54, 1.807) is 19.1 Å². The predicted molar refractivity (Wildman–Crippen MR) is 89.1 cm³/mol. The van der Waals surface area contributed by atoms with Gasteiger partial charge in [-0.15, -0.1) is 0 Å². The van der Waals surface area contributed by atoms with Gasteiger partial charge in [0.1, 0.15) is 0 Å². The van der Waals surface area contributed by atoms with Gasteiger partial charge in [-0.05, 0) is 19.4 Å². The maximum Gasteiger partial charge on any atom is 0.319 e. The van der Waals surface area contributed by atoms with Crippen LogP contribution in [-0.2, 0) is 0 Å². The number of carbonyl (C=O) groups excluding carboxylic acids is 2. The van der Waals surface area contributed by atoms with Crippen LogP contribution in [-0.4, -0.2) is 11.8 Å². The molecule has 2 aromatic carbocycles. The molecule has 1 aliphatic heterocycles. The van der Waals surface area contributed by atoms with Gasteiger partial charge in [-0.1, -0.05) is 60.2 Å². The first kappa shape index (κ1) is 15.0. The Labute approximate surface area is 135 Å². The summed E-state index contributed by atoms with van der Waals surface area (Å²) in [7, 11) is 0. The molecule has 0 radical (unpaired) electrons. The average Bonchev–Trinajstić information content (AvgIpc) is 2.54. The number of nitrogens with one attached hydrogen (secondary N) is 2. The molecule has 23 heavy (non-hydrogen) atoms. The molecule has 1 heterocycles. The largest absolute Gasteiger partial charge is 0.327 e. The minimum Gasteiger partial charge on any atom is -0.327 e. The molecule has 0 saturated carbocycles. The molecule has 0 aromatic heterocycles. The van der Waals surface area contributed by atoms with Crippen LogP contribution in [0.25, 0.3) is 0 Å². The zero-order chi connectivity index (χ0) is 16.4. The number of hydrogen-bond donors (Lipinski definition) is 2. The van der Waals surface area contributed by atoms with Crippen molar-refractivity contribution < 1.29 is 9.59 Å². The Morgan fingerprint density at radius 1 is 1.00 bits per heavy atom. The highest BCUT2D eigenvalue weighted by Gasteiger charge is 2.31. The molecule has 3 rings (SSSR count). The summed E-state index contributed by atoms with van der Waals surface area (Å²) in [6.45, 7) is 3.75. The molecular weight excluding hydrogens is 288 g/mol. The number of ketones is 1. The Morgan fingerprint density at radius 2 is 1.74 bits per heavy atom. The number of carbonyl (C=O) groups is 2. The van der Waals surface area contributed by atoms with Crippen molar-refractivity contribution in [1.82, 2.24) is 10.6 Å². The van der Waals surface area contributed by atoms with Gasteiger partial charge in [0.15, 0.2) is 5.78 Å². The van der Waals surface area contributed by atoms with Crippen LogP contribution in [0.3, 0.4) is 0 Å². The van der Waals surface area contributed by atoms with E-state index in [1.807, 2.05) is 49.4 Å². The Kier molecular flexibility index (Phi) is 3.98. The van der Waals surface area contributed by atoms with E-state index in [2.05, 4.69) is 10.6 Å². The summed E-state index contributed by atoms with van der Waals surface area (Å²) in [6, 6.07) is 16.2. The van der Waals surface area contributed by atoms with Gasteiger partial charge in [-0.3, -0.25) is 4.79 Å². The SMILES string of the molecule is CC1=C(C(=O)c2ccccc2)[C@H](c2cccc(C)c2)NC(=O)N1. The number of benzene rings is 2. The molecule has 0 unspecified atom stereocenters. The molecule has 4 heteroatoms. The topological polar surface area (TPSA) is 58.2 Å². The maximum absolute atomic E-state index is 12.9. The first-order valence-electron chi connectivity index (χ1n) is 7.51. The molecule has 2 aromatic rings. The fraction of sp³-hybridized carbons (Fsp3) is 0.158. The molecule has 4 nitrogen and oxygen atoms in total. The molecule has 0 aliphatic carbocycles. The van der Waals surface area contributed by atoms with E-state index >= 15 is 0 Å². The second kappa shape index (κ2) is 6.08. The van der Waals surface area contributed by atoms with Gasteiger partial charge in [-0.2, -0.15) is 0 Å². The van der Waals surface area contributed by atoms with Crippen molar-refractivity contribution in [2.45, 2.75) is 19.9 Å². The van der Waals surface area contributed by atoms with E-state index in [4.69, 9.17) is 0 Å². The number of urea groups is 1. The van der Waals surface area contributed by atoms with E-state index in [-0.39, 0.29) is 11.8 Å². The zero-order valence-electron chi connectivity index (χ0n) is 13.1. The number of Topliss-reactive ketones (excluding diaryl/α,β-unsaturated/α-hetero) is 1. The number of rotatable bonds is 3. The van der Waals surface area contributed by atoms with Crippen LogP contribution >= 0.6 is 0 Å². The lowest BCUT2D eigenvalue weighted by Gasteiger charge is -2.29. The highest BCUT2D eigenvalue weighted by atomic mass is 16.2. The molecule has 116 valence electrons. The molecule has 1 atom stereocenters. The van der Waals surface area contributed by atoms with Gasteiger partial charge in [0.05, 0.1) is 6.04 Å². The summed E-state index contributed by atoms with van der Waals surface area (Å²) in [5.74, 6) is -0.0814. The van der Waals surface area contributed by atoms with Gasteiger partial charge in [-0.25, -0.2) is 4.79 Å². The van der Waals surface area contributed by atoms with Gasteiger partial charge in [0.2, 0.25) is 0 Å². The minimum atomic E-state index is -0.448. The number of allylic oxidation sites excluding steroid dienone is 1. The maximum atomic E-state index is 12.9. The first-order chi connectivity index (χ1) is 11.1. The third-order valence-electron chi connectivity index (χ3n) is 3.93. The standard InChI is InChI=1S/C19H18N2O2/c1-12-7-6-10-15(11-12)17-16(13(2)20-19(23)21-17)18(22)14-8-4-3-5-9-14/h3-11,17H,1-2H3,(H2,20,21,23)/t17-/m0/s1. The molecular formula is C19H18N2O2. The van der Waals surface area contributed by atoms with Crippen LogP contribution in [0.4, 0.5) is 4.79 Å². The van der Waals surface area contributed by atoms with Gasteiger partial charge >= 0.3 is 6.03 Å². The van der Waals surface area contributed by atoms with Crippen molar-refractivity contribution in [2.75, 3.05) is 0 Å². The lowest BCUT2D eigenvalue weighted by molar-refractivity contribution is 0.102. The number of hydrogen-bond acceptors (Lipinski definition) is 2. The van der Waals surface area contributed by atoms with Crippen LogP contribution in [0.5, 0.6) is 0 Å². The molecule has 0 bridgehead atoms. The zero-order valence-corrected chi connectivity index (χ0v) is 13.1. The van der Waals surface area contributed by atoms with E-state index < -0.39 is 6.04 Å². The molecule has 2 amide bonds. The Morgan fingerprint density at radius 3 is 2.43 bits per heavy atom. The lowest BCUT2D eigenvalue weighted by atomic mass is 9.89. The van der Waals surface area contributed by atoms with E-state index in [0.29, 0.717) is 16.8 Å². The summed E-state index contributed by atoms with van der Waals surface area (Å²) >= 11 is 0.